The molecule has 0 unspecified atom stereocenters. The average molecular weight is 405 g/mol. The Hall–Kier alpha value is -3.56. The highest BCUT2D eigenvalue weighted by molar-refractivity contribution is 5.99. The van der Waals surface area contributed by atoms with E-state index in [1.54, 1.807) is 0 Å². The highest BCUT2D eigenvalue weighted by Gasteiger charge is 2.24. The Morgan fingerprint density at radius 1 is 1.10 bits per heavy atom. The van der Waals surface area contributed by atoms with E-state index in [1.807, 2.05) is 4.90 Å². The van der Waals surface area contributed by atoms with Crippen molar-refractivity contribution in [3.8, 4) is 0 Å². The minimum Gasteiger partial charge on any atom is -0.452 e. The van der Waals surface area contributed by atoms with Gasteiger partial charge in [-0.2, -0.15) is 0 Å². The maximum absolute atomic E-state index is 13.2. The molecule has 8 nitrogen and oxygen atoms in total. The second-order valence-electron chi connectivity index (χ2n) is 6.41. The molecule has 1 aliphatic heterocycles. The number of ether oxygens (including phenoxy) is 1. The predicted molar refractivity (Wildman–Crippen MR) is 99.8 cm³/mol. The van der Waals surface area contributed by atoms with E-state index in [9.17, 15) is 28.5 Å². The molecule has 0 saturated carbocycles. The third-order valence-corrected chi connectivity index (χ3v) is 4.40. The number of amides is 1. The monoisotopic (exact) mass is 405 g/mol. The molecule has 2 aromatic rings. The van der Waals surface area contributed by atoms with Crippen molar-refractivity contribution in [1.82, 2.24) is 0 Å². The van der Waals surface area contributed by atoms with Crippen LogP contribution in [0.2, 0.25) is 0 Å². The van der Waals surface area contributed by atoms with Crippen molar-refractivity contribution in [1.29, 1.82) is 0 Å². The summed E-state index contributed by atoms with van der Waals surface area (Å²) in [5.74, 6) is -3.85. The first-order valence-electron chi connectivity index (χ1n) is 8.80. The zero-order chi connectivity index (χ0) is 21.0. The van der Waals surface area contributed by atoms with Crippen LogP contribution in [0.15, 0.2) is 36.4 Å². The Balaban J connectivity index is 1.70. The van der Waals surface area contributed by atoms with Crippen LogP contribution in [0.5, 0.6) is 0 Å². The van der Waals surface area contributed by atoms with Crippen molar-refractivity contribution in [2.45, 2.75) is 12.8 Å². The molecule has 3 rings (SSSR count). The van der Waals surface area contributed by atoms with Crippen molar-refractivity contribution in [2.75, 3.05) is 29.9 Å². The van der Waals surface area contributed by atoms with Crippen LogP contribution in [0.25, 0.3) is 0 Å². The van der Waals surface area contributed by atoms with E-state index < -0.39 is 35.0 Å². The van der Waals surface area contributed by atoms with E-state index in [1.165, 1.54) is 12.1 Å². The molecule has 1 N–H and O–H groups in total. The quantitative estimate of drug-likeness (QED) is 0.450. The lowest BCUT2D eigenvalue weighted by Gasteiger charge is -2.20. The summed E-state index contributed by atoms with van der Waals surface area (Å²) in [6, 6.07) is 6.71. The molecule has 0 radical (unpaired) electrons. The Kier molecular flexibility index (Phi) is 6.01. The first-order valence-corrected chi connectivity index (χ1v) is 8.80. The maximum atomic E-state index is 13.2. The molecule has 1 amide bonds. The number of halogens is 2. The first-order chi connectivity index (χ1) is 13.8. The van der Waals surface area contributed by atoms with Crippen molar-refractivity contribution in [3.63, 3.8) is 0 Å². The van der Waals surface area contributed by atoms with Crippen LogP contribution < -0.4 is 10.2 Å². The van der Waals surface area contributed by atoms with Crippen molar-refractivity contribution in [2.24, 2.45) is 0 Å². The van der Waals surface area contributed by atoms with Crippen molar-refractivity contribution >= 4 is 28.9 Å². The van der Waals surface area contributed by atoms with E-state index in [2.05, 4.69) is 5.32 Å². The number of carbonyl (C=O) groups is 2. The van der Waals surface area contributed by atoms with E-state index in [0.717, 1.165) is 37.1 Å². The van der Waals surface area contributed by atoms with Crippen LogP contribution in [0.4, 0.5) is 25.8 Å². The lowest BCUT2D eigenvalue weighted by molar-refractivity contribution is -0.384. The minimum absolute atomic E-state index is 0.00180. The topological polar surface area (TPSA) is 102 Å². The van der Waals surface area contributed by atoms with Gasteiger partial charge in [-0.15, -0.1) is 0 Å². The summed E-state index contributed by atoms with van der Waals surface area (Å²) in [7, 11) is 0. The number of hydrogen-bond donors (Lipinski definition) is 1. The Bertz CT molecular complexity index is 961. The van der Waals surface area contributed by atoms with Crippen LogP contribution in [0.1, 0.15) is 23.2 Å². The summed E-state index contributed by atoms with van der Waals surface area (Å²) in [5, 5.41) is 13.3. The van der Waals surface area contributed by atoms with Crippen molar-refractivity contribution < 1.29 is 28.0 Å². The van der Waals surface area contributed by atoms with Gasteiger partial charge in [0, 0.05) is 37.0 Å². The standard InChI is InChI=1S/C19H17F2N3O5/c20-15-5-3-12(9-16(15)21)22-18(25)11-29-19(26)14-10-13(24(27)28)4-6-17(14)23-7-1-2-8-23/h3-6,9-10H,1-2,7-8,11H2,(H,22,25). The summed E-state index contributed by atoms with van der Waals surface area (Å²) in [6.07, 6.45) is 1.87. The molecule has 10 heteroatoms. The molecule has 152 valence electrons. The normalized spacial score (nSPS) is 13.2. The van der Waals surface area contributed by atoms with Gasteiger partial charge in [0.15, 0.2) is 18.2 Å². The number of non-ortho nitro benzene ring substituents is 1. The maximum Gasteiger partial charge on any atom is 0.341 e. The predicted octanol–water partition coefficient (Wildman–Crippen LogP) is 3.27. The summed E-state index contributed by atoms with van der Waals surface area (Å²) >= 11 is 0. The highest BCUT2D eigenvalue weighted by atomic mass is 19.2. The number of benzene rings is 2. The van der Waals surface area contributed by atoms with Gasteiger partial charge in [-0.05, 0) is 31.0 Å². The molecule has 0 atom stereocenters. The number of carbonyl (C=O) groups excluding carboxylic acids is 2. The van der Waals surface area contributed by atoms with Crippen LogP contribution in [0.3, 0.4) is 0 Å². The molecule has 0 bridgehead atoms. The second-order valence-corrected chi connectivity index (χ2v) is 6.41. The van der Waals surface area contributed by atoms with Gasteiger partial charge in [0.05, 0.1) is 16.2 Å². The van der Waals surface area contributed by atoms with Gasteiger partial charge in [-0.3, -0.25) is 14.9 Å². The van der Waals surface area contributed by atoms with Gasteiger partial charge in [0.2, 0.25) is 0 Å². The zero-order valence-electron chi connectivity index (χ0n) is 15.2. The molecule has 2 aromatic carbocycles. The van der Waals surface area contributed by atoms with Crippen LogP contribution >= 0.6 is 0 Å². The van der Waals surface area contributed by atoms with E-state index in [0.29, 0.717) is 18.8 Å². The number of nitrogens with one attached hydrogen (secondary N) is 1. The van der Waals surface area contributed by atoms with Gasteiger partial charge in [0.1, 0.15) is 0 Å². The molecule has 29 heavy (non-hydrogen) atoms. The lowest BCUT2D eigenvalue weighted by Crippen LogP contribution is -2.24. The molecule has 0 aliphatic carbocycles. The summed E-state index contributed by atoms with van der Waals surface area (Å²) in [6.45, 7) is 0.712. The largest absolute Gasteiger partial charge is 0.452 e. The molecule has 1 saturated heterocycles. The fourth-order valence-electron chi connectivity index (χ4n) is 3.01. The summed E-state index contributed by atoms with van der Waals surface area (Å²) < 4.78 is 31.1. The molecule has 0 aromatic heterocycles. The number of esters is 1. The first kappa shape index (κ1) is 20.2. The number of nitro benzene ring substituents is 1. The Morgan fingerprint density at radius 3 is 2.48 bits per heavy atom. The second kappa shape index (κ2) is 8.63. The number of nitrogens with zero attached hydrogens (tertiary/aromatic N) is 2. The van der Waals surface area contributed by atoms with Crippen LogP contribution in [0, 0.1) is 21.7 Å². The van der Waals surface area contributed by atoms with E-state index >= 15 is 0 Å². The number of hydrogen-bond acceptors (Lipinski definition) is 6. The van der Waals surface area contributed by atoms with Crippen LogP contribution in [-0.2, 0) is 9.53 Å². The Labute approximate surface area is 164 Å². The third kappa shape index (κ3) is 4.84. The highest BCUT2D eigenvalue weighted by Crippen LogP contribution is 2.29. The van der Waals surface area contributed by atoms with Crippen LogP contribution in [-0.4, -0.2) is 36.5 Å². The third-order valence-electron chi connectivity index (χ3n) is 4.40. The summed E-state index contributed by atoms with van der Waals surface area (Å²) in [5.41, 5.74) is 0.213. The SMILES string of the molecule is O=C(COC(=O)c1cc([N+](=O)[O-])ccc1N1CCCC1)Nc1ccc(F)c(F)c1. The fraction of sp³-hybridized carbons (Fsp3) is 0.263. The number of anilines is 2. The number of nitro groups is 1. The fourth-order valence-corrected chi connectivity index (χ4v) is 3.01. The zero-order valence-corrected chi connectivity index (χ0v) is 15.2. The molecular weight excluding hydrogens is 388 g/mol. The minimum atomic E-state index is -1.13. The van der Waals surface area contributed by atoms with Gasteiger partial charge >= 0.3 is 5.97 Å². The summed E-state index contributed by atoms with van der Waals surface area (Å²) in [4.78, 5) is 36.8. The molecule has 1 aliphatic rings. The Morgan fingerprint density at radius 2 is 1.83 bits per heavy atom. The molecule has 1 heterocycles. The van der Waals surface area contributed by atoms with E-state index in [4.69, 9.17) is 4.74 Å². The van der Waals surface area contributed by atoms with Gasteiger partial charge in [-0.1, -0.05) is 0 Å². The smallest absolute Gasteiger partial charge is 0.341 e. The lowest BCUT2D eigenvalue weighted by atomic mass is 10.1. The number of rotatable bonds is 6. The van der Waals surface area contributed by atoms with Gasteiger partial charge in [0.25, 0.3) is 11.6 Å². The molecule has 0 spiro atoms. The van der Waals surface area contributed by atoms with Gasteiger partial charge < -0.3 is 15.0 Å². The average Bonchev–Trinajstić information content (AvgIpc) is 3.23. The van der Waals surface area contributed by atoms with Crippen molar-refractivity contribution in [3.05, 3.63) is 63.7 Å². The molecule has 1 fully saturated rings. The van der Waals surface area contributed by atoms with Gasteiger partial charge in [-0.25, -0.2) is 13.6 Å². The molecular formula is C19H17F2N3O5. The van der Waals surface area contributed by atoms with E-state index in [-0.39, 0.29) is 16.9 Å².